The second kappa shape index (κ2) is 3.61. The van der Waals surface area contributed by atoms with Crippen molar-refractivity contribution in [3.63, 3.8) is 0 Å². The summed E-state index contributed by atoms with van der Waals surface area (Å²) in [7, 11) is 0. The molecule has 0 aliphatic heterocycles. The van der Waals surface area contributed by atoms with Gasteiger partial charge >= 0.3 is 0 Å². The zero-order valence-corrected chi connectivity index (χ0v) is 5.07. The molecule has 0 aromatic carbocycles. The molecule has 0 aromatic rings. The van der Waals surface area contributed by atoms with E-state index in [4.69, 9.17) is 15.3 Å². The number of hydrogen-bond acceptors (Lipinski definition) is 3. The third kappa shape index (κ3) is 2.60. The predicted molar refractivity (Wildman–Crippen MR) is 33.6 cm³/mol. The van der Waals surface area contributed by atoms with Crippen molar-refractivity contribution in [1.82, 2.24) is 0 Å². The lowest BCUT2D eigenvalue weighted by Gasteiger charge is -2.15. The smallest absolute Gasteiger partial charge is 0.109 e. The van der Waals surface area contributed by atoms with Gasteiger partial charge in [0.15, 0.2) is 0 Å². The fraction of sp³-hybridized carbons (Fsp3) is 0.500. The molecule has 0 saturated carbocycles. The highest BCUT2D eigenvalue weighted by atomic mass is 16.4. The van der Waals surface area contributed by atoms with Crippen LogP contribution in [0, 0.1) is 6.92 Å². The van der Waals surface area contributed by atoms with Gasteiger partial charge in [-0.05, 0) is 6.92 Å². The van der Waals surface area contributed by atoms with E-state index in [0.29, 0.717) is 0 Å². The molecular weight excluding hydrogens is 120 g/mol. The first-order valence-corrected chi connectivity index (χ1v) is 2.59. The Morgan fingerprint density at radius 1 is 1.22 bits per heavy atom. The Kier molecular flexibility index (Phi) is 3.46. The van der Waals surface area contributed by atoms with Crippen molar-refractivity contribution in [1.29, 1.82) is 0 Å². The minimum atomic E-state index is -1.23. The summed E-state index contributed by atoms with van der Waals surface area (Å²) in [4.78, 5) is 0. The molecule has 3 nitrogen and oxygen atoms in total. The average molecular weight is 131 g/mol. The van der Waals surface area contributed by atoms with Crippen LogP contribution in [0.3, 0.4) is 0 Å². The molecule has 0 aliphatic rings. The molecule has 1 radical (unpaired) electrons. The number of aliphatic hydroxyl groups excluding tert-OH is 3. The lowest BCUT2D eigenvalue weighted by molar-refractivity contribution is -0.0220. The van der Waals surface area contributed by atoms with Crippen LogP contribution in [0.5, 0.6) is 0 Å². The maximum absolute atomic E-state index is 8.76. The number of aliphatic hydroxyl groups is 3. The van der Waals surface area contributed by atoms with Crippen LogP contribution in [0.1, 0.15) is 0 Å². The lowest BCUT2D eigenvalue weighted by Crippen LogP contribution is -2.34. The molecule has 3 heteroatoms. The molecule has 0 heterocycles. The molecule has 0 bridgehead atoms. The van der Waals surface area contributed by atoms with Gasteiger partial charge in [-0.3, -0.25) is 0 Å². The molecule has 0 saturated heterocycles. The molecule has 3 atom stereocenters. The van der Waals surface area contributed by atoms with E-state index in [1.807, 2.05) is 0 Å². The van der Waals surface area contributed by atoms with E-state index in [1.165, 1.54) is 0 Å². The van der Waals surface area contributed by atoms with Crippen LogP contribution < -0.4 is 0 Å². The highest BCUT2D eigenvalue weighted by Gasteiger charge is 2.17. The summed E-state index contributed by atoms with van der Waals surface area (Å²) in [6.07, 6.45) is -2.36. The standard InChI is InChI=1S/C6H11O3/c1-3-5(8)6(9)4(2)7/h3-9H,1-2H2. The average Bonchev–Trinajstić information content (AvgIpc) is 1.84. The van der Waals surface area contributed by atoms with Gasteiger partial charge < -0.3 is 15.3 Å². The second-order valence-corrected chi connectivity index (χ2v) is 1.78. The van der Waals surface area contributed by atoms with Crippen LogP contribution in [0.4, 0.5) is 0 Å². The van der Waals surface area contributed by atoms with Crippen molar-refractivity contribution in [3.8, 4) is 0 Å². The van der Waals surface area contributed by atoms with E-state index in [2.05, 4.69) is 13.5 Å². The zero-order valence-electron chi connectivity index (χ0n) is 5.07. The topological polar surface area (TPSA) is 60.7 Å². The first-order valence-electron chi connectivity index (χ1n) is 2.59. The van der Waals surface area contributed by atoms with Crippen LogP contribution in [-0.4, -0.2) is 33.6 Å². The third-order valence-corrected chi connectivity index (χ3v) is 0.986. The minimum absolute atomic E-state index is 1.10. The van der Waals surface area contributed by atoms with Crippen molar-refractivity contribution >= 4 is 0 Å². The van der Waals surface area contributed by atoms with Crippen molar-refractivity contribution in [3.05, 3.63) is 19.6 Å². The van der Waals surface area contributed by atoms with Gasteiger partial charge in [-0.2, -0.15) is 0 Å². The van der Waals surface area contributed by atoms with Gasteiger partial charge in [0, 0.05) is 0 Å². The van der Waals surface area contributed by atoms with E-state index in [-0.39, 0.29) is 0 Å². The van der Waals surface area contributed by atoms with Crippen LogP contribution >= 0.6 is 0 Å². The highest BCUT2D eigenvalue weighted by Crippen LogP contribution is 1.98. The normalized spacial score (nSPS) is 20.4. The summed E-state index contributed by atoms with van der Waals surface area (Å²) >= 11 is 0. The van der Waals surface area contributed by atoms with E-state index < -0.39 is 18.3 Å². The quantitative estimate of drug-likeness (QED) is 0.434. The van der Waals surface area contributed by atoms with Gasteiger partial charge in [0.25, 0.3) is 0 Å². The molecule has 0 fully saturated rings. The molecule has 0 amide bonds. The van der Waals surface area contributed by atoms with Gasteiger partial charge in [-0.1, -0.05) is 6.08 Å². The minimum Gasteiger partial charge on any atom is -0.390 e. The largest absolute Gasteiger partial charge is 0.390 e. The predicted octanol–water partition coefficient (Wildman–Crippen LogP) is -0.911. The van der Waals surface area contributed by atoms with Gasteiger partial charge in [0.2, 0.25) is 0 Å². The Bertz CT molecular complexity index is 90.3. The molecule has 0 rings (SSSR count). The molecule has 0 aromatic heterocycles. The molecular formula is C6H11O3. The van der Waals surface area contributed by atoms with Crippen molar-refractivity contribution in [2.45, 2.75) is 18.3 Å². The molecule has 3 unspecified atom stereocenters. The fourth-order valence-corrected chi connectivity index (χ4v) is 0.367. The van der Waals surface area contributed by atoms with Crippen molar-refractivity contribution in [2.24, 2.45) is 0 Å². The van der Waals surface area contributed by atoms with Crippen LogP contribution in [0.2, 0.25) is 0 Å². The summed E-state index contributed by atoms with van der Waals surface area (Å²) in [6, 6.07) is 0. The Morgan fingerprint density at radius 3 is 1.78 bits per heavy atom. The van der Waals surface area contributed by atoms with E-state index in [9.17, 15) is 0 Å². The first kappa shape index (κ1) is 8.62. The van der Waals surface area contributed by atoms with Crippen molar-refractivity contribution < 1.29 is 15.3 Å². The maximum Gasteiger partial charge on any atom is 0.109 e. The number of hydrogen-bond donors (Lipinski definition) is 3. The van der Waals surface area contributed by atoms with Crippen molar-refractivity contribution in [2.75, 3.05) is 0 Å². The van der Waals surface area contributed by atoms with Gasteiger partial charge in [0.05, 0.1) is 6.10 Å². The Balaban J connectivity index is 3.71. The Hall–Kier alpha value is -0.380. The molecule has 3 N–H and O–H groups in total. The summed E-state index contributed by atoms with van der Waals surface area (Å²) < 4.78 is 0. The van der Waals surface area contributed by atoms with E-state index in [1.54, 1.807) is 0 Å². The fourth-order valence-electron chi connectivity index (χ4n) is 0.367. The maximum atomic E-state index is 8.76. The lowest BCUT2D eigenvalue weighted by atomic mass is 10.1. The van der Waals surface area contributed by atoms with Gasteiger partial charge in [-0.15, -0.1) is 6.58 Å². The second-order valence-electron chi connectivity index (χ2n) is 1.78. The number of rotatable bonds is 3. The molecule has 9 heavy (non-hydrogen) atoms. The summed E-state index contributed by atoms with van der Waals surface area (Å²) in [6.45, 7) is 6.32. The monoisotopic (exact) mass is 131 g/mol. The van der Waals surface area contributed by atoms with E-state index in [0.717, 1.165) is 6.08 Å². The Labute approximate surface area is 54.3 Å². The zero-order chi connectivity index (χ0) is 7.44. The molecule has 0 spiro atoms. The van der Waals surface area contributed by atoms with E-state index >= 15 is 0 Å². The molecule has 0 aliphatic carbocycles. The molecule has 53 valence electrons. The summed E-state index contributed by atoms with van der Waals surface area (Å²) in [5, 5.41) is 26.0. The SMILES string of the molecule is [CH2]C(O)C(O)C(O)C=C. The van der Waals surface area contributed by atoms with Crippen LogP contribution in [0.25, 0.3) is 0 Å². The first-order chi connectivity index (χ1) is 4.09. The third-order valence-electron chi connectivity index (χ3n) is 0.986. The summed E-state index contributed by atoms with van der Waals surface area (Å²) in [5.74, 6) is 0. The highest BCUT2D eigenvalue weighted by molar-refractivity contribution is 4.88. The van der Waals surface area contributed by atoms with Gasteiger partial charge in [-0.25, -0.2) is 0 Å². The Morgan fingerprint density at radius 2 is 1.67 bits per heavy atom. The van der Waals surface area contributed by atoms with Crippen LogP contribution in [-0.2, 0) is 0 Å². The summed E-state index contributed by atoms with van der Waals surface area (Å²) in [5.41, 5.74) is 0. The van der Waals surface area contributed by atoms with Crippen LogP contribution in [0.15, 0.2) is 12.7 Å². The van der Waals surface area contributed by atoms with Gasteiger partial charge in [0.1, 0.15) is 12.2 Å².